The summed E-state index contributed by atoms with van der Waals surface area (Å²) in [4.78, 5) is 2.73. The summed E-state index contributed by atoms with van der Waals surface area (Å²) in [7, 11) is 1.62. The first kappa shape index (κ1) is 13.3. The van der Waals surface area contributed by atoms with Gasteiger partial charge in [-0.2, -0.15) is 0 Å². The number of nitrogens with zero attached hydrogens (tertiary/aromatic N) is 1. The van der Waals surface area contributed by atoms with Gasteiger partial charge in [0, 0.05) is 19.6 Å². The first-order valence-electron chi connectivity index (χ1n) is 5.97. The molecule has 5 heteroatoms. The summed E-state index contributed by atoms with van der Waals surface area (Å²) < 4.78 is 10.6. The van der Waals surface area contributed by atoms with Crippen LogP contribution in [0, 0.1) is 0 Å². The van der Waals surface area contributed by atoms with E-state index in [4.69, 9.17) is 27.4 Å². The number of methoxy groups -OCH3 is 1. The normalized spacial score (nSPS) is 16.5. The van der Waals surface area contributed by atoms with Gasteiger partial charge in [-0.05, 0) is 17.7 Å². The minimum Gasteiger partial charge on any atom is -0.496 e. The lowest BCUT2D eigenvalue weighted by molar-refractivity contribution is 0.0342. The molecule has 1 aromatic carbocycles. The Labute approximate surface area is 113 Å². The summed E-state index contributed by atoms with van der Waals surface area (Å²) in [5.74, 6) is 0.730. The van der Waals surface area contributed by atoms with Gasteiger partial charge in [-0.1, -0.05) is 18.3 Å². The van der Waals surface area contributed by atoms with E-state index in [0.717, 1.165) is 44.2 Å². The summed E-state index contributed by atoms with van der Waals surface area (Å²) >= 11 is 5.04. The fraction of sp³-hybridized carbons (Fsp3) is 0.462. The molecule has 0 unspecified atom stereocenters. The minimum absolute atomic E-state index is 0.371. The van der Waals surface area contributed by atoms with Crippen LogP contribution in [0.1, 0.15) is 11.1 Å². The highest BCUT2D eigenvalue weighted by Gasteiger charge is 2.12. The number of rotatable bonds is 4. The summed E-state index contributed by atoms with van der Waals surface area (Å²) in [5, 5.41) is 0. The average Bonchev–Trinajstić information content (AvgIpc) is 2.40. The van der Waals surface area contributed by atoms with Gasteiger partial charge in [-0.25, -0.2) is 0 Å². The molecule has 1 saturated heterocycles. The molecule has 0 spiro atoms. The molecule has 1 aliphatic rings. The third kappa shape index (κ3) is 3.19. The lowest BCUT2D eigenvalue weighted by atomic mass is 10.1. The molecule has 0 bridgehead atoms. The molecule has 0 amide bonds. The number of hydrogen-bond acceptors (Lipinski definition) is 4. The predicted molar refractivity (Wildman–Crippen MR) is 75.0 cm³/mol. The first-order valence-corrected chi connectivity index (χ1v) is 6.38. The Bertz CT molecular complexity index is 431. The van der Waals surface area contributed by atoms with Gasteiger partial charge in [0.05, 0.1) is 25.9 Å². The van der Waals surface area contributed by atoms with E-state index in [2.05, 4.69) is 11.0 Å². The second-order valence-electron chi connectivity index (χ2n) is 4.29. The summed E-state index contributed by atoms with van der Waals surface area (Å²) in [6, 6.07) is 5.98. The first-order chi connectivity index (χ1) is 8.70. The van der Waals surface area contributed by atoms with Crippen LogP contribution < -0.4 is 10.5 Å². The van der Waals surface area contributed by atoms with Crippen LogP contribution in [0.4, 0.5) is 0 Å². The van der Waals surface area contributed by atoms with E-state index in [-0.39, 0.29) is 0 Å². The number of benzene rings is 1. The van der Waals surface area contributed by atoms with E-state index in [1.165, 1.54) is 5.56 Å². The standard InChI is InChI=1S/C13H18N2O2S/c1-16-12-3-2-10(8-11(12)13(14)18)9-15-4-6-17-7-5-15/h2-3,8H,4-7,9H2,1H3,(H2,14,18). The van der Waals surface area contributed by atoms with Crippen molar-refractivity contribution in [3.8, 4) is 5.75 Å². The Morgan fingerprint density at radius 2 is 2.17 bits per heavy atom. The fourth-order valence-corrected chi connectivity index (χ4v) is 2.22. The highest BCUT2D eigenvalue weighted by atomic mass is 32.1. The smallest absolute Gasteiger partial charge is 0.129 e. The molecule has 0 atom stereocenters. The van der Waals surface area contributed by atoms with Gasteiger partial charge < -0.3 is 15.2 Å². The van der Waals surface area contributed by atoms with Gasteiger partial charge in [-0.3, -0.25) is 4.90 Å². The highest BCUT2D eigenvalue weighted by molar-refractivity contribution is 7.80. The second-order valence-corrected chi connectivity index (χ2v) is 4.73. The largest absolute Gasteiger partial charge is 0.496 e. The van der Waals surface area contributed by atoms with E-state index in [1.54, 1.807) is 7.11 Å². The van der Waals surface area contributed by atoms with E-state index >= 15 is 0 Å². The molecule has 98 valence electrons. The number of morpholine rings is 1. The molecule has 2 rings (SSSR count). The molecule has 1 aliphatic heterocycles. The van der Waals surface area contributed by atoms with Crippen LogP contribution in [0.25, 0.3) is 0 Å². The van der Waals surface area contributed by atoms with Gasteiger partial charge in [0.2, 0.25) is 0 Å². The van der Waals surface area contributed by atoms with Gasteiger partial charge in [0.1, 0.15) is 10.7 Å². The SMILES string of the molecule is COc1ccc(CN2CCOCC2)cc1C(N)=S. The van der Waals surface area contributed by atoms with Crippen molar-refractivity contribution in [1.29, 1.82) is 0 Å². The van der Waals surface area contributed by atoms with Crippen LogP contribution in [0.15, 0.2) is 18.2 Å². The zero-order chi connectivity index (χ0) is 13.0. The Balaban J connectivity index is 2.13. The molecule has 0 saturated carbocycles. The van der Waals surface area contributed by atoms with Crippen LogP contribution in [0.2, 0.25) is 0 Å². The van der Waals surface area contributed by atoms with Crippen LogP contribution in [0.3, 0.4) is 0 Å². The molecule has 1 aromatic rings. The van der Waals surface area contributed by atoms with Gasteiger partial charge in [-0.15, -0.1) is 0 Å². The lowest BCUT2D eigenvalue weighted by Crippen LogP contribution is -2.35. The molecule has 18 heavy (non-hydrogen) atoms. The summed E-state index contributed by atoms with van der Waals surface area (Å²) in [6.45, 7) is 4.43. The number of nitrogens with two attached hydrogens (primary N) is 1. The van der Waals surface area contributed by atoms with Crippen molar-refractivity contribution >= 4 is 17.2 Å². The third-order valence-electron chi connectivity index (χ3n) is 3.04. The number of thiocarbonyl (C=S) groups is 1. The topological polar surface area (TPSA) is 47.7 Å². The van der Waals surface area contributed by atoms with Crippen molar-refractivity contribution in [1.82, 2.24) is 4.90 Å². The molecule has 1 heterocycles. The van der Waals surface area contributed by atoms with Crippen molar-refractivity contribution in [2.75, 3.05) is 33.4 Å². The maximum Gasteiger partial charge on any atom is 0.129 e. The van der Waals surface area contributed by atoms with Gasteiger partial charge in [0.25, 0.3) is 0 Å². The molecule has 1 fully saturated rings. The minimum atomic E-state index is 0.371. The zero-order valence-corrected chi connectivity index (χ0v) is 11.3. The zero-order valence-electron chi connectivity index (χ0n) is 10.5. The highest BCUT2D eigenvalue weighted by Crippen LogP contribution is 2.20. The maximum atomic E-state index is 5.71. The van der Waals surface area contributed by atoms with Gasteiger partial charge >= 0.3 is 0 Å². The third-order valence-corrected chi connectivity index (χ3v) is 3.26. The van der Waals surface area contributed by atoms with Crippen molar-refractivity contribution in [3.05, 3.63) is 29.3 Å². The maximum absolute atomic E-state index is 5.71. The number of hydrogen-bond donors (Lipinski definition) is 1. The molecule has 0 aliphatic carbocycles. The molecule has 2 N–H and O–H groups in total. The Hall–Kier alpha value is -1.17. The summed E-state index contributed by atoms with van der Waals surface area (Å²) in [5.41, 5.74) is 7.71. The van der Waals surface area contributed by atoms with Crippen molar-refractivity contribution < 1.29 is 9.47 Å². The van der Waals surface area contributed by atoms with Crippen molar-refractivity contribution in [2.45, 2.75) is 6.54 Å². The van der Waals surface area contributed by atoms with Crippen LogP contribution in [-0.4, -0.2) is 43.3 Å². The Morgan fingerprint density at radius 1 is 1.44 bits per heavy atom. The second kappa shape index (κ2) is 6.13. The lowest BCUT2D eigenvalue weighted by Gasteiger charge is -2.26. The van der Waals surface area contributed by atoms with Gasteiger partial charge in [0.15, 0.2) is 0 Å². The van der Waals surface area contributed by atoms with Crippen molar-refractivity contribution in [2.24, 2.45) is 5.73 Å². The monoisotopic (exact) mass is 266 g/mol. The Kier molecular flexibility index (Phi) is 4.52. The van der Waals surface area contributed by atoms with E-state index < -0.39 is 0 Å². The molecule has 0 aromatic heterocycles. The molecular weight excluding hydrogens is 248 g/mol. The van der Waals surface area contributed by atoms with E-state index in [1.807, 2.05) is 12.1 Å². The van der Waals surface area contributed by atoms with Crippen LogP contribution in [-0.2, 0) is 11.3 Å². The summed E-state index contributed by atoms with van der Waals surface area (Å²) in [6.07, 6.45) is 0. The quantitative estimate of drug-likeness (QED) is 0.829. The van der Waals surface area contributed by atoms with Crippen molar-refractivity contribution in [3.63, 3.8) is 0 Å². The fourth-order valence-electron chi connectivity index (χ4n) is 2.06. The predicted octanol–water partition coefficient (Wildman–Crippen LogP) is 1.16. The van der Waals surface area contributed by atoms with E-state index in [9.17, 15) is 0 Å². The van der Waals surface area contributed by atoms with E-state index in [0.29, 0.717) is 4.99 Å². The molecular formula is C13H18N2O2S. The molecule has 0 radical (unpaired) electrons. The van der Waals surface area contributed by atoms with Crippen LogP contribution >= 0.6 is 12.2 Å². The van der Waals surface area contributed by atoms with Crippen LogP contribution in [0.5, 0.6) is 5.75 Å². The average molecular weight is 266 g/mol. The molecule has 4 nitrogen and oxygen atoms in total. The Morgan fingerprint density at radius 3 is 2.78 bits per heavy atom. The number of ether oxygens (including phenoxy) is 2.